The molecule has 1 nitrogen and oxygen atoms in total. The van der Waals surface area contributed by atoms with E-state index in [-0.39, 0.29) is 5.41 Å². The zero-order valence-corrected chi connectivity index (χ0v) is 12.7. The van der Waals surface area contributed by atoms with Crippen molar-refractivity contribution in [3.63, 3.8) is 0 Å². The molecule has 3 atom stereocenters. The molecule has 0 heterocycles. The average molecular weight is 297 g/mol. The molecule has 0 N–H and O–H groups in total. The Labute approximate surface area is 113 Å². The van der Waals surface area contributed by atoms with Crippen molar-refractivity contribution in [2.24, 2.45) is 5.41 Å². The fraction of sp³-hybridized carbons (Fsp3) is 0.600. The summed E-state index contributed by atoms with van der Waals surface area (Å²) in [5.41, 5.74) is 2.82. The van der Waals surface area contributed by atoms with Crippen LogP contribution >= 0.6 is 15.9 Å². The van der Waals surface area contributed by atoms with Gasteiger partial charge in [-0.15, -0.1) is 0 Å². The number of aryl methyl sites for hydroxylation is 2. The third-order valence-corrected chi connectivity index (χ3v) is 5.53. The highest BCUT2D eigenvalue weighted by Crippen LogP contribution is 2.50. The summed E-state index contributed by atoms with van der Waals surface area (Å²) < 4.78 is 6.16. The number of hydrogen-bond donors (Lipinski definition) is 0. The Balaban J connectivity index is 2.12. The molecule has 3 unspecified atom stereocenters. The standard InChI is InChI=1S/C15H21BrO/c1-5-15(4)13(16)9-14(15)17-12-7-10(2)6-11(3)8-12/h6-8,13-14H,5,9H2,1-4H3. The fourth-order valence-corrected chi connectivity index (χ4v) is 3.52. The minimum absolute atomic E-state index is 0.275. The highest BCUT2D eigenvalue weighted by molar-refractivity contribution is 9.09. The summed E-state index contributed by atoms with van der Waals surface area (Å²) in [6.45, 7) is 8.79. The zero-order chi connectivity index (χ0) is 12.6. The maximum Gasteiger partial charge on any atom is 0.120 e. The van der Waals surface area contributed by atoms with E-state index in [1.165, 1.54) is 11.1 Å². The van der Waals surface area contributed by atoms with Crippen LogP contribution in [-0.2, 0) is 0 Å². The van der Waals surface area contributed by atoms with Crippen molar-refractivity contribution in [2.75, 3.05) is 0 Å². The van der Waals surface area contributed by atoms with Crippen LogP contribution in [0.5, 0.6) is 5.75 Å². The number of alkyl halides is 1. The van der Waals surface area contributed by atoms with Crippen molar-refractivity contribution in [3.8, 4) is 5.75 Å². The van der Waals surface area contributed by atoms with E-state index in [1.54, 1.807) is 0 Å². The van der Waals surface area contributed by atoms with Crippen LogP contribution in [0.3, 0.4) is 0 Å². The van der Waals surface area contributed by atoms with E-state index in [0.717, 1.165) is 18.6 Å². The van der Waals surface area contributed by atoms with Crippen molar-refractivity contribution in [2.45, 2.75) is 51.5 Å². The van der Waals surface area contributed by atoms with Gasteiger partial charge in [-0.2, -0.15) is 0 Å². The summed E-state index contributed by atoms with van der Waals surface area (Å²) in [5.74, 6) is 1.02. The Bertz CT molecular complexity index is 395. The minimum Gasteiger partial charge on any atom is -0.490 e. The second-order valence-electron chi connectivity index (χ2n) is 5.49. The van der Waals surface area contributed by atoms with Gasteiger partial charge in [0, 0.05) is 10.2 Å². The van der Waals surface area contributed by atoms with E-state index in [2.05, 4.69) is 61.8 Å². The third-order valence-electron chi connectivity index (χ3n) is 4.11. The molecule has 0 spiro atoms. The lowest BCUT2D eigenvalue weighted by Crippen LogP contribution is -2.54. The molecule has 94 valence electrons. The van der Waals surface area contributed by atoms with Gasteiger partial charge in [0.2, 0.25) is 0 Å². The summed E-state index contributed by atoms with van der Waals surface area (Å²) in [5, 5.41) is 0. The summed E-state index contributed by atoms with van der Waals surface area (Å²) in [6.07, 6.45) is 2.61. The molecule has 0 saturated heterocycles. The van der Waals surface area contributed by atoms with Gasteiger partial charge in [0.15, 0.2) is 0 Å². The van der Waals surface area contributed by atoms with Gasteiger partial charge in [-0.25, -0.2) is 0 Å². The Morgan fingerprint density at radius 1 is 1.29 bits per heavy atom. The molecule has 0 bridgehead atoms. The van der Waals surface area contributed by atoms with E-state index >= 15 is 0 Å². The molecule has 0 aliphatic heterocycles. The molecule has 1 aliphatic rings. The zero-order valence-electron chi connectivity index (χ0n) is 11.1. The van der Waals surface area contributed by atoms with Crippen LogP contribution < -0.4 is 4.74 Å². The second kappa shape index (κ2) is 4.64. The van der Waals surface area contributed by atoms with Crippen LogP contribution in [0.1, 0.15) is 37.8 Å². The predicted octanol–water partition coefficient (Wildman–Crippen LogP) is 4.63. The third kappa shape index (κ3) is 2.37. The maximum atomic E-state index is 6.16. The van der Waals surface area contributed by atoms with Crippen LogP contribution in [0.2, 0.25) is 0 Å². The number of rotatable bonds is 3. The van der Waals surface area contributed by atoms with Crippen LogP contribution in [0.15, 0.2) is 18.2 Å². The van der Waals surface area contributed by atoms with Crippen LogP contribution in [-0.4, -0.2) is 10.9 Å². The van der Waals surface area contributed by atoms with Gasteiger partial charge in [-0.3, -0.25) is 0 Å². The molecule has 0 amide bonds. The molecule has 2 rings (SSSR count). The second-order valence-corrected chi connectivity index (χ2v) is 6.60. The van der Waals surface area contributed by atoms with Crippen molar-refractivity contribution in [1.29, 1.82) is 0 Å². The maximum absolute atomic E-state index is 6.16. The first-order chi connectivity index (χ1) is 7.95. The molecule has 1 aromatic rings. The fourth-order valence-electron chi connectivity index (χ4n) is 2.56. The van der Waals surface area contributed by atoms with Gasteiger partial charge in [0.05, 0.1) is 0 Å². The Morgan fingerprint density at radius 3 is 2.35 bits per heavy atom. The van der Waals surface area contributed by atoms with Gasteiger partial charge >= 0.3 is 0 Å². The number of benzene rings is 1. The van der Waals surface area contributed by atoms with Gasteiger partial charge < -0.3 is 4.74 Å². The van der Waals surface area contributed by atoms with E-state index < -0.39 is 0 Å². The van der Waals surface area contributed by atoms with Crippen molar-refractivity contribution in [3.05, 3.63) is 29.3 Å². The lowest BCUT2D eigenvalue weighted by molar-refractivity contribution is -0.0243. The minimum atomic E-state index is 0.275. The average Bonchev–Trinajstić information content (AvgIpc) is 2.26. The highest BCUT2D eigenvalue weighted by atomic mass is 79.9. The molecule has 1 saturated carbocycles. The molecule has 17 heavy (non-hydrogen) atoms. The highest BCUT2D eigenvalue weighted by Gasteiger charge is 2.50. The summed E-state index contributed by atoms with van der Waals surface area (Å²) in [4.78, 5) is 0.593. The summed E-state index contributed by atoms with van der Waals surface area (Å²) in [6, 6.07) is 6.44. The summed E-state index contributed by atoms with van der Waals surface area (Å²) >= 11 is 3.75. The largest absolute Gasteiger partial charge is 0.490 e. The summed E-state index contributed by atoms with van der Waals surface area (Å²) in [7, 11) is 0. The monoisotopic (exact) mass is 296 g/mol. The topological polar surface area (TPSA) is 9.23 Å². The number of hydrogen-bond acceptors (Lipinski definition) is 1. The first kappa shape index (κ1) is 12.9. The molecule has 2 heteroatoms. The first-order valence-electron chi connectivity index (χ1n) is 6.34. The van der Waals surface area contributed by atoms with Crippen LogP contribution in [0.25, 0.3) is 0 Å². The van der Waals surface area contributed by atoms with E-state index in [4.69, 9.17) is 4.74 Å². The van der Waals surface area contributed by atoms with Crippen molar-refractivity contribution >= 4 is 15.9 Å². The molecular formula is C15H21BrO. The molecule has 1 fully saturated rings. The normalized spacial score (nSPS) is 32.1. The molecule has 1 aliphatic carbocycles. The molecular weight excluding hydrogens is 276 g/mol. The quantitative estimate of drug-likeness (QED) is 0.739. The van der Waals surface area contributed by atoms with Gasteiger partial charge in [0.1, 0.15) is 11.9 Å². The molecule has 0 radical (unpaired) electrons. The number of ether oxygens (including phenoxy) is 1. The molecule has 1 aromatic carbocycles. The number of halogens is 1. The van der Waals surface area contributed by atoms with Gasteiger partial charge in [0.25, 0.3) is 0 Å². The lowest BCUT2D eigenvalue weighted by atomic mass is 9.65. The smallest absolute Gasteiger partial charge is 0.120 e. The lowest BCUT2D eigenvalue weighted by Gasteiger charge is -2.50. The Morgan fingerprint density at radius 2 is 1.88 bits per heavy atom. The Hall–Kier alpha value is -0.500. The van der Waals surface area contributed by atoms with Gasteiger partial charge in [-0.05, 0) is 49.9 Å². The van der Waals surface area contributed by atoms with Gasteiger partial charge in [-0.1, -0.05) is 35.8 Å². The first-order valence-corrected chi connectivity index (χ1v) is 7.26. The molecule has 0 aromatic heterocycles. The van der Waals surface area contributed by atoms with Crippen molar-refractivity contribution < 1.29 is 4.74 Å². The predicted molar refractivity (Wildman–Crippen MR) is 76.1 cm³/mol. The Kier molecular flexibility index (Phi) is 3.53. The SMILES string of the molecule is CCC1(C)C(Br)CC1Oc1cc(C)cc(C)c1. The van der Waals surface area contributed by atoms with E-state index in [1.807, 2.05) is 0 Å². The van der Waals surface area contributed by atoms with Crippen LogP contribution in [0.4, 0.5) is 0 Å². The van der Waals surface area contributed by atoms with Crippen molar-refractivity contribution in [1.82, 2.24) is 0 Å². The van der Waals surface area contributed by atoms with E-state index in [0.29, 0.717) is 10.9 Å². The van der Waals surface area contributed by atoms with Crippen LogP contribution in [0, 0.1) is 19.3 Å². The van der Waals surface area contributed by atoms with E-state index in [9.17, 15) is 0 Å².